The first kappa shape index (κ1) is 16.5. The summed E-state index contributed by atoms with van der Waals surface area (Å²) in [6.07, 6.45) is 2.72. The third-order valence-corrected chi connectivity index (χ3v) is 4.62. The van der Waals surface area contributed by atoms with Crippen LogP contribution in [0.2, 0.25) is 0 Å². The summed E-state index contributed by atoms with van der Waals surface area (Å²) in [7, 11) is 1.91. The zero-order valence-corrected chi connectivity index (χ0v) is 13.7. The Morgan fingerprint density at radius 1 is 1.38 bits per heavy atom. The number of halogens is 1. The molecule has 0 spiro atoms. The number of carbonyl (C=O) groups excluding carboxylic acids is 1. The standard InChI is InChI=1S/C19H22FN3O/c1-12-17-15(8-10-22-19(12)24)18(23-16(17)7-9-20)14-5-3-13(4-6-14)11-21-2/h3-7,9,16-17,21,23H,1,8,10-11H2,2H3,(H,22,24)/b9-7+. The fraction of sp³-hybridized carbons (Fsp3) is 0.316. The molecule has 24 heavy (non-hydrogen) atoms. The van der Waals surface area contributed by atoms with Crippen LogP contribution in [-0.4, -0.2) is 25.5 Å². The van der Waals surface area contributed by atoms with E-state index in [9.17, 15) is 9.18 Å². The lowest BCUT2D eigenvalue weighted by Gasteiger charge is -2.18. The van der Waals surface area contributed by atoms with Crippen LogP contribution in [-0.2, 0) is 11.3 Å². The molecule has 2 aliphatic heterocycles. The highest BCUT2D eigenvalue weighted by atomic mass is 19.1. The highest BCUT2D eigenvalue weighted by molar-refractivity contribution is 5.95. The van der Waals surface area contributed by atoms with E-state index in [-0.39, 0.29) is 17.9 Å². The molecule has 0 aromatic heterocycles. The summed E-state index contributed by atoms with van der Waals surface area (Å²) in [5.74, 6) is -0.355. The van der Waals surface area contributed by atoms with Gasteiger partial charge in [-0.05, 0) is 36.2 Å². The third kappa shape index (κ3) is 2.99. The molecule has 1 aromatic rings. The molecular formula is C19H22FN3O. The van der Waals surface area contributed by atoms with E-state index in [4.69, 9.17) is 0 Å². The molecule has 1 amide bonds. The molecule has 0 saturated carbocycles. The summed E-state index contributed by atoms with van der Waals surface area (Å²) in [5, 5.41) is 9.36. The van der Waals surface area contributed by atoms with Crippen molar-refractivity contribution in [1.82, 2.24) is 16.0 Å². The van der Waals surface area contributed by atoms with E-state index in [1.54, 1.807) is 0 Å². The molecule has 0 aliphatic carbocycles. The highest BCUT2D eigenvalue weighted by Gasteiger charge is 2.38. The quantitative estimate of drug-likeness (QED) is 0.744. The molecule has 1 saturated heterocycles. The minimum absolute atomic E-state index is 0.153. The van der Waals surface area contributed by atoms with Crippen molar-refractivity contribution in [2.45, 2.75) is 19.0 Å². The maximum absolute atomic E-state index is 12.8. The second-order valence-electron chi connectivity index (χ2n) is 6.12. The zero-order valence-electron chi connectivity index (χ0n) is 13.7. The molecule has 2 heterocycles. The number of benzene rings is 1. The largest absolute Gasteiger partial charge is 0.377 e. The Morgan fingerprint density at radius 3 is 2.79 bits per heavy atom. The molecule has 2 aliphatic rings. The number of amides is 1. The lowest BCUT2D eigenvalue weighted by Crippen LogP contribution is -2.32. The number of rotatable bonds is 4. The van der Waals surface area contributed by atoms with Crippen LogP contribution >= 0.6 is 0 Å². The van der Waals surface area contributed by atoms with Crippen LogP contribution in [0.1, 0.15) is 17.5 Å². The van der Waals surface area contributed by atoms with Gasteiger partial charge in [-0.3, -0.25) is 4.79 Å². The molecule has 3 N–H and O–H groups in total. The highest BCUT2D eigenvalue weighted by Crippen LogP contribution is 2.39. The van der Waals surface area contributed by atoms with Gasteiger partial charge in [0.05, 0.1) is 12.4 Å². The maximum Gasteiger partial charge on any atom is 0.247 e. The number of fused-ring (bicyclic) bond motifs is 1. The molecular weight excluding hydrogens is 305 g/mol. The number of nitrogens with one attached hydrogen (secondary N) is 3. The van der Waals surface area contributed by atoms with Gasteiger partial charge in [0.1, 0.15) is 0 Å². The third-order valence-electron chi connectivity index (χ3n) is 4.62. The van der Waals surface area contributed by atoms with Gasteiger partial charge in [0.2, 0.25) is 5.91 Å². The van der Waals surface area contributed by atoms with Crippen LogP contribution in [0.3, 0.4) is 0 Å². The van der Waals surface area contributed by atoms with E-state index in [1.165, 1.54) is 11.6 Å². The average Bonchev–Trinajstić information content (AvgIpc) is 2.86. The van der Waals surface area contributed by atoms with Crippen molar-refractivity contribution < 1.29 is 9.18 Å². The summed E-state index contributed by atoms with van der Waals surface area (Å²) in [6, 6.07) is 7.98. The second-order valence-corrected chi connectivity index (χ2v) is 6.12. The van der Waals surface area contributed by atoms with Crippen LogP contribution < -0.4 is 16.0 Å². The van der Waals surface area contributed by atoms with Crippen LogP contribution in [0.4, 0.5) is 4.39 Å². The van der Waals surface area contributed by atoms with Gasteiger partial charge in [-0.25, -0.2) is 4.39 Å². The van der Waals surface area contributed by atoms with Crippen molar-refractivity contribution in [2.75, 3.05) is 13.6 Å². The minimum Gasteiger partial charge on any atom is -0.377 e. The summed E-state index contributed by atoms with van der Waals surface area (Å²) in [5.41, 5.74) is 4.83. The molecule has 3 rings (SSSR count). The van der Waals surface area contributed by atoms with Gasteiger partial charge in [0.25, 0.3) is 0 Å². The number of carbonyl (C=O) groups is 1. The molecule has 4 nitrogen and oxygen atoms in total. The van der Waals surface area contributed by atoms with E-state index in [0.717, 1.165) is 29.8 Å². The van der Waals surface area contributed by atoms with Gasteiger partial charge >= 0.3 is 0 Å². The fourth-order valence-electron chi connectivity index (χ4n) is 3.49. The van der Waals surface area contributed by atoms with Gasteiger partial charge < -0.3 is 16.0 Å². The summed E-state index contributed by atoms with van der Waals surface area (Å²) in [4.78, 5) is 12.1. The van der Waals surface area contributed by atoms with Crippen molar-refractivity contribution >= 4 is 11.6 Å². The Bertz CT molecular complexity index is 706. The summed E-state index contributed by atoms with van der Waals surface area (Å²) >= 11 is 0. The first-order valence-electron chi connectivity index (χ1n) is 8.13. The Labute approximate surface area is 141 Å². The zero-order chi connectivity index (χ0) is 17.1. The Kier molecular flexibility index (Phi) is 4.81. The molecule has 0 bridgehead atoms. The van der Waals surface area contributed by atoms with Gasteiger partial charge in [-0.1, -0.05) is 30.8 Å². The Balaban J connectivity index is 2.00. The minimum atomic E-state index is -0.284. The van der Waals surface area contributed by atoms with Crippen LogP contribution in [0.15, 0.2) is 54.4 Å². The second kappa shape index (κ2) is 7.01. The van der Waals surface area contributed by atoms with E-state index >= 15 is 0 Å². The van der Waals surface area contributed by atoms with Crippen molar-refractivity contribution in [3.05, 3.63) is 65.5 Å². The smallest absolute Gasteiger partial charge is 0.247 e. The van der Waals surface area contributed by atoms with Crippen LogP contribution in [0.5, 0.6) is 0 Å². The first-order chi connectivity index (χ1) is 11.7. The van der Waals surface area contributed by atoms with Crippen LogP contribution in [0.25, 0.3) is 5.70 Å². The van der Waals surface area contributed by atoms with Crippen molar-refractivity contribution in [3.8, 4) is 0 Å². The normalized spacial score (nSPS) is 23.9. The molecule has 126 valence electrons. The van der Waals surface area contributed by atoms with Gasteiger partial charge in [-0.15, -0.1) is 0 Å². The summed E-state index contributed by atoms with van der Waals surface area (Å²) in [6.45, 7) is 5.32. The van der Waals surface area contributed by atoms with Crippen molar-refractivity contribution in [3.63, 3.8) is 0 Å². The van der Waals surface area contributed by atoms with Crippen molar-refractivity contribution in [1.29, 1.82) is 0 Å². The number of hydrogen-bond donors (Lipinski definition) is 3. The van der Waals surface area contributed by atoms with E-state index < -0.39 is 0 Å². The number of hydrogen-bond acceptors (Lipinski definition) is 3. The Morgan fingerprint density at radius 2 is 2.12 bits per heavy atom. The van der Waals surface area contributed by atoms with Crippen LogP contribution in [0, 0.1) is 5.92 Å². The lowest BCUT2D eigenvalue weighted by molar-refractivity contribution is -0.117. The predicted molar refractivity (Wildman–Crippen MR) is 93.6 cm³/mol. The monoisotopic (exact) mass is 327 g/mol. The summed E-state index contributed by atoms with van der Waals surface area (Å²) < 4.78 is 12.8. The topological polar surface area (TPSA) is 53.2 Å². The molecule has 5 heteroatoms. The van der Waals surface area contributed by atoms with Crippen molar-refractivity contribution in [2.24, 2.45) is 5.92 Å². The van der Waals surface area contributed by atoms with E-state index in [1.807, 2.05) is 7.05 Å². The average molecular weight is 327 g/mol. The fourth-order valence-corrected chi connectivity index (χ4v) is 3.49. The Hall–Kier alpha value is -2.40. The van der Waals surface area contributed by atoms with Gasteiger partial charge in [0.15, 0.2) is 0 Å². The molecule has 1 aromatic carbocycles. The first-order valence-corrected chi connectivity index (χ1v) is 8.13. The molecule has 1 fully saturated rings. The lowest BCUT2D eigenvalue weighted by atomic mass is 9.86. The van der Waals surface area contributed by atoms with E-state index in [2.05, 4.69) is 46.8 Å². The van der Waals surface area contributed by atoms with E-state index in [0.29, 0.717) is 18.4 Å². The predicted octanol–water partition coefficient (Wildman–Crippen LogP) is 2.26. The van der Waals surface area contributed by atoms with Gasteiger partial charge in [0, 0.05) is 30.3 Å². The molecule has 2 unspecified atom stereocenters. The SMILES string of the molecule is C=C1C(=O)NCCC2=C(c3ccc(CNC)cc3)NC(/C=C/F)C12. The van der Waals surface area contributed by atoms with Gasteiger partial charge in [-0.2, -0.15) is 0 Å². The maximum atomic E-state index is 12.8. The molecule has 2 atom stereocenters. The molecule has 0 radical (unpaired) electrons.